The van der Waals surface area contributed by atoms with Gasteiger partial charge in [0.15, 0.2) is 17.4 Å². The molecule has 0 aromatic carbocycles. The van der Waals surface area contributed by atoms with Gasteiger partial charge in [-0.2, -0.15) is 0 Å². The lowest BCUT2D eigenvalue weighted by Gasteiger charge is -2.30. The smallest absolute Gasteiger partial charge is 0.306 e. The maximum absolute atomic E-state index is 11.8. The molecule has 0 aromatic heterocycles. The first-order chi connectivity index (χ1) is 16.2. The van der Waals surface area contributed by atoms with E-state index in [9.17, 15) is 9.90 Å². The molecule has 6 unspecified atom stereocenters. The number of rotatable bonds is 10. The summed E-state index contributed by atoms with van der Waals surface area (Å²) in [4.78, 5) is 11.8. The topological polar surface area (TPSA) is 122 Å². The number of aliphatic hydroxyl groups is 2. The summed E-state index contributed by atoms with van der Waals surface area (Å²) >= 11 is 0. The third-order valence-electron chi connectivity index (χ3n) is 6.13. The van der Waals surface area contributed by atoms with Gasteiger partial charge in [0, 0.05) is 12.8 Å². The molecular weight excluding hydrogens is 460 g/mol. The molecule has 35 heavy (non-hydrogen) atoms. The molecule has 10 nitrogen and oxygen atoms in total. The zero-order valence-corrected chi connectivity index (χ0v) is 22.6. The first-order valence-electron chi connectivity index (χ1n) is 12.7. The molecule has 0 spiro atoms. The molecule has 0 bridgehead atoms. The highest BCUT2D eigenvalue weighted by Gasteiger charge is 2.55. The van der Waals surface area contributed by atoms with E-state index in [1.54, 1.807) is 20.8 Å². The lowest BCUT2D eigenvalue weighted by atomic mass is 9.99. The van der Waals surface area contributed by atoms with Crippen LogP contribution in [-0.4, -0.2) is 90.0 Å². The Morgan fingerprint density at radius 3 is 1.86 bits per heavy atom. The van der Waals surface area contributed by atoms with Crippen LogP contribution in [-0.2, 0) is 38.0 Å². The van der Waals surface area contributed by atoms with E-state index in [2.05, 4.69) is 0 Å². The summed E-state index contributed by atoms with van der Waals surface area (Å²) < 4.78 is 41.6. The van der Waals surface area contributed by atoms with Crippen LogP contribution in [0, 0.1) is 0 Å². The van der Waals surface area contributed by atoms with Gasteiger partial charge >= 0.3 is 5.97 Å². The molecule has 2 N–H and O–H groups in total. The van der Waals surface area contributed by atoms with E-state index in [0.29, 0.717) is 25.9 Å². The lowest BCUT2D eigenvalue weighted by molar-refractivity contribution is -0.188. The Balaban J connectivity index is 0.00000210. The summed E-state index contributed by atoms with van der Waals surface area (Å²) in [6.07, 6.45) is -0.168. The maximum atomic E-state index is 11.8. The molecule has 3 rings (SSSR count). The van der Waals surface area contributed by atoms with Crippen molar-refractivity contribution < 1.29 is 48.2 Å². The monoisotopic (exact) mass is 506 g/mol. The molecule has 0 aliphatic carbocycles. The van der Waals surface area contributed by atoms with Crippen LogP contribution in [0.25, 0.3) is 0 Å². The predicted octanol–water partition coefficient (Wildman–Crippen LogP) is 2.66. The van der Waals surface area contributed by atoms with Crippen LogP contribution in [0.4, 0.5) is 0 Å². The predicted molar refractivity (Wildman–Crippen MR) is 126 cm³/mol. The van der Waals surface area contributed by atoms with Crippen LogP contribution in [0.3, 0.4) is 0 Å². The van der Waals surface area contributed by atoms with Crippen molar-refractivity contribution in [2.45, 2.75) is 128 Å². The first-order valence-corrected chi connectivity index (χ1v) is 12.7. The molecule has 0 aromatic rings. The number of hydrogen-bond donors (Lipinski definition) is 2. The van der Waals surface area contributed by atoms with Crippen molar-refractivity contribution >= 4 is 5.97 Å². The second-order valence-corrected chi connectivity index (χ2v) is 10.5. The number of aliphatic hydroxyl groups excluding tert-OH is 1. The minimum atomic E-state index is -0.961. The van der Waals surface area contributed by atoms with Crippen LogP contribution < -0.4 is 0 Å². The van der Waals surface area contributed by atoms with E-state index in [-0.39, 0.29) is 32.3 Å². The number of ether oxygens (including phenoxy) is 7. The number of hydrogen-bond acceptors (Lipinski definition) is 10. The third kappa shape index (κ3) is 8.89. The highest BCUT2D eigenvalue weighted by Crippen LogP contribution is 2.41. The van der Waals surface area contributed by atoms with Gasteiger partial charge in [0.05, 0.1) is 31.8 Å². The van der Waals surface area contributed by atoms with Crippen molar-refractivity contribution in [2.75, 3.05) is 26.4 Å². The summed E-state index contributed by atoms with van der Waals surface area (Å²) in [5.41, 5.74) is -0.810. The van der Waals surface area contributed by atoms with Gasteiger partial charge < -0.3 is 43.4 Å². The first kappa shape index (κ1) is 30.4. The van der Waals surface area contributed by atoms with Crippen molar-refractivity contribution in [3.8, 4) is 0 Å². The summed E-state index contributed by atoms with van der Waals surface area (Å²) in [6.45, 7) is 15.2. The molecule has 3 fully saturated rings. The second kappa shape index (κ2) is 12.1. The number of carbonyl (C=O) groups is 1. The Bertz CT molecular complexity index is 678. The van der Waals surface area contributed by atoms with E-state index >= 15 is 0 Å². The molecule has 3 aliphatic heterocycles. The Morgan fingerprint density at radius 2 is 1.40 bits per heavy atom. The second-order valence-electron chi connectivity index (χ2n) is 10.5. The average molecular weight is 507 g/mol. The van der Waals surface area contributed by atoms with Crippen LogP contribution >= 0.6 is 0 Å². The number of esters is 1. The van der Waals surface area contributed by atoms with Gasteiger partial charge in [0.25, 0.3) is 0 Å². The van der Waals surface area contributed by atoms with Gasteiger partial charge in [-0.3, -0.25) is 4.79 Å². The molecule has 0 radical (unpaired) electrons. The van der Waals surface area contributed by atoms with E-state index < -0.39 is 47.2 Å². The fourth-order valence-corrected chi connectivity index (χ4v) is 4.37. The highest BCUT2D eigenvalue weighted by molar-refractivity contribution is 5.69. The standard InChI is InChI=1S/C23H40O10.C2H6/c1-20(2,26)9-10-23(6)29-14-16(31-23)19-18(32-21(3,4)33-19)15-13-28-22(5,30-15)8-7-17(25)27-12-11-24;1-2/h15-16,18-19,24,26H,7-14H2,1-6H3;1-2H3. The largest absolute Gasteiger partial charge is 0.463 e. The minimum Gasteiger partial charge on any atom is -0.463 e. The molecule has 0 saturated carbocycles. The fourth-order valence-electron chi connectivity index (χ4n) is 4.37. The normalized spacial score (nSPS) is 36.6. The van der Waals surface area contributed by atoms with E-state index in [1.165, 1.54) is 0 Å². The average Bonchev–Trinajstić information content (AvgIpc) is 3.46. The van der Waals surface area contributed by atoms with Crippen molar-refractivity contribution in [3.05, 3.63) is 0 Å². The Morgan fingerprint density at radius 1 is 0.914 bits per heavy atom. The Labute approximate surface area is 209 Å². The maximum Gasteiger partial charge on any atom is 0.306 e. The van der Waals surface area contributed by atoms with Crippen LogP contribution in [0.2, 0.25) is 0 Å². The Kier molecular flexibility index (Phi) is 10.5. The van der Waals surface area contributed by atoms with Crippen molar-refractivity contribution in [2.24, 2.45) is 0 Å². The van der Waals surface area contributed by atoms with E-state index in [4.69, 9.17) is 38.3 Å². The van der Waals surface area contributed by atoms with Crippen molar-refractivity contribution in [1.29, 1.82) is 0 Å². The molecule has 0 amide bonds. The molecular formula is C25H46O10. The minimum absolute atomic E-state index is 0.0257. The van der Waals surface area contributed by atoms with Crippen LogP contribution in [0.1, 0.15) is 81.1 Å². The van der Waals surface area contributed by atoms with E-state index in [1.807, 2.05) is 34.6 Å². The summed E-state index contributed by atoms with van der Waals surface area (Å²) in [5.74, 6) is -3.02. The van der Waals surface area contributed by atoms with Crippen molar-refractivity contribution in [1.82, 2.24) is 0 Å². The van der Waals surface area contributed by atoms with E-state index in [0.717, 1.165) is 0 Å². The van der Waals surface area contributed by atoms with Gasteiger partial charge in [-0.15, -0.1) is 0 Å². The third-order valence-corrected chi connectivity index (χ3v) is 6.13. The summed E-state index contributed by atoms with van der Waals surface area (Å²) in [6, 6.07) is 0. The zero-order chi connectivity index (χ0) is 26.5. The summed E-state index contributed by atoms with van der Waals surface area (Å²) in [7, 11) is 0. The molecule has 3 saturated heterocycles. The van der Waals surface area contributed by atoms with Gasteiger partial charge in [-0.1, -0.05) is 13.8 Å². The van der Waals surface area contributed by atoms with Gasteiger partial charge in [0.2, 0.25) is 0 Å². The number of carbonyl (C=O) groups excluding carboxylic acids is 1. The molecule has 3 aliphatic rings. The van der Waals surface area contributed by atoms with Crippen LogP contribution in [0.5, 0.6) is 0 Å². The van der Waals surface area contributed by atoms with Gasteiger partial charge in [-0.05, 0) is 48.0 Å². The van der Waals surface area contributed by atoms with Crippen LogP contribution in [0.15, 0.2) is 0 Å². The fraction of sp³-hybridized carbons (Fsp3) is 0.960. The van der Waals surface area contributed by atoms with Gasteiger partial charge in [0.1, 0.15) is 31.0 Å². The summed E-state index contributed by atoms with van der Waals surface area (Å²) in [5, 5.41) is 18.8. The highest BCUT2D eigenvalue weighted by atomic mass is 16.8. The Hall–Kier alpha value is -0.850. The molecule has 3 heterocycles. The quantitative estimate of drug-likeness (QED) is 0.428. The molecule has 10 heteroatoms. The lowest BCUT2D eigenvalue weighted by Crippen LogP contribution is -2.45. The zero-order valence-electron chi connectivity index (χ0n) is 22.6. The van der Waals surface area contributed by atoms with Gasteiger partial charge in [-0.25, -0.2) is 0 Å². The SMILES string of the molecule is CC.CC(C)(O)CCC1(C)OCC(C2OC(C)(C)OC2C2COC(C)(CCC(=O)OCCO)O2)O1. The van der Waals surface area contributed by atoms with Crippen molar-refractivity contribution in [3.63, 3.8) is 0 Å². The molecule has 6 atom stereocenters. The molecule has 206 valence electrons.